The number of allylic oxidation sites excluding steroid dienone is 7. The Kier molecular flexibility index (Phi) is 37.6. The number of carbonyl (C=O) groups is 3. The van der Waals surface area contributed by atoms with Crippen molar-refractivity contribution in [1.82, 2.24) is 19.9 Å². The lowest BCUT2D eigenvalue weighted by Gasteiger charge is -2.30. The number of hydrogen-bond acceptors (Lipinski definition) is 8. The second-order valence-electron chi connectivity index (χ2n) is 26.2. The Morgan fingerprint density at radius 1 is 0.897 bits per heavy atom. The summed E-state index contributed by atoms with van der Waals surface area (Å²) in [5.74, 6) is 4.05. The molecule has 6 atom stereocenters. The Bertz CT molecular complexity index is 2720. The molecule has 2 saturated carbocycles. The zero-order valence-corrected chi connectivity index (χ0v) is 60.8. The molecule has 4 aliphatic rings. The van der Waals surface area contributed by atoms with Crippen LogP contribution in [0.1, 0.15) is 274 Å². The van der Waals surface area contributed by atoms with Gasteiger partial charge in [-0.25, -0.2) is 13.8 Å². The summed E-state index contributed by atoms with van der Waals surface area (Å²) in [4.78, 5) is 57.4. The molecule has 1 amide bonds. The van der Waals surface area contributed by atoms with Gasteiger partial charge in [0.05, 0.1) is 32.4 Å². The fourth-order valence-electron chi connectivity index (χ4n) is 11.5. The molecule has 14 heteroatoms. The van der Waals surface area contributed by atoms with Crippen LogP contribution in [0.5, 0.6) is 0 Å². The topological polar surface area (TPSA) is 120 Å². The minimum absolute atomic E-state index is 0.131. The second-order valence-corrected chi connectivity index (χ2v) is 28.6. The summed E-state index contributed by atoms with van der Waals surface area (Å²) in [6, 6.07) is 6.00. The number of thiazole rings is 1. The Labute approximate surface area is 541 Å². The van der Waals surface area contributed by atoms with Crippen LogP contribution in [0.2, 0.25) is 0 Å². The van der Waals surface area contributed by atoms with Gasteiger partial charge in [-0.2, -0.15) is 4.98 Å². The quantitative estimate of drug-likeness (QED) is 0.0663. The van der Waals surface area contributed by atoms with Crippen LogP contribution in [0, 0.1) is 47.3 Å². The van der Waals surface area contributed by atoms with Gasteiger partial charge in [0.2, 0.25) is 5.91 Å². The fourth-order valence-corrected chi connectivity index (χ4v) is 13.3. The number of fused-ring (bicyclic) bond motifs is 1. The van der Waals surface area contributed by atoms with Crippen molar-refractivity contribution in [2.75, 3.05) is 20.3 Å². The monoisotopic (exact) mass is 1310 g/mol. The minimum atomic E-state index is -2.90. The smallest absolute Gasteiger partial charge is 0.281 e. The van der Waals surface area contributed by atoms with E-state index in [-0.39, 0.29) is 52.6 Å². The molecule has 2 fully saturated rings. The van der Waals surface area contributed by atoms with Crippen molar-refractivity contribution in [3.63, 3.8) is 0 Å². The Hall–Kier alpha value is -3.51. The highest BCUT2D eigenvalue weighted by Crippen LogP contribution is 2.60. The highest BCUT2D eigenvalue weighted by Gasteiger charge is 2.63. The molecule has 7 rings (SSSR count). The molecule has 0 spiro atoms. The number of unbranched alkanes of at least 4 members (excludes halogenated alkanes) is 3. The average molecular weight is 1310 g/mol. The predicted molar refractivity (Wildman–Crippen MR) is 375 cm³/mol. The van der Waals surface area contributed by atoms with Crippen LogP contribution in [0.25, 0.3) is 22.2 Å². The summed E-state index contributed by atoms with van der Waals surface area (Å²) in [5, 5.41) is 3.83. The third-order valence-corrected chi connectivity index (χ3v) is 20.2. The number of benzene rings is 1. The first-order valence-electron chi connectivity index (χ1n) is 33.5. The molecule has 492 valence electrons. The summed E-state index contributed by atoms with van der Waals surface area (Å²) in [7, 11) is 3.18. The predicted octanol–water partition coefficient (Wildman–Crippen LogP) is 21.5. The SMILES string of the molecule is CC(=O)C(C)C(C)(C)C.CC1CCCC1.CCC(=O)C1(C(F)(F)P)CC1.CCCCC(CCC)C(=O)NCC1=CC=C(c2scnc2C)CC1.CCCCCC(CCC)C1C=CC(n2c(C(C)CC)nc(=O)c3c(Br)cccc32)=C(C)C1.CCCOC. The van der Waals surface area contributed by atoms with E-state index in [1.54, 1.807) is 32.3 Å². The summed E-state index contributed by atoms with van der Waals surface area (Å²) >= 11 is 5.30. The number of nitrogens with zero attached hydrogens (tertiary/aromatic N) is 3. The largest absolute Gasteiger partial charge is 0.385 e. The molecule has 4 aliphatic carbocycles. The van der Waals surface area contributed by atoms with Gasteiger partial charge in [-0.1, -0.05) is 206 Å². The van der Waals surface area contributed by atoms with Crippen LogP contribution in [0.4, 0.5) is 8.78 Å². The molecular formula is C73H118BrF2N4O5PS. The van der Waals surface area contributed by atoms with Crippen molar-refractivity contribution >= 4 is 76.2 Å². The first kappa shape index (κ1) is 79.6. The van der Waals surface area contributed by atoms with Gasteiger partial charge >= 0.3 is 0 Å². The zero-order valence-electron chi connectivity index (χ0n) is 57.3. The van der Waals surface area contributed by atoms with E-state index in [9.17, 15) is 28.0 Å². The van der Waals surface area contributed by atoms with Crippen LogP contribution >= 0.6 is 36.5 Å². The summed E-state index contributed by atoms with van der Waals surface area (Å²) in [5.41, 5.74) is 5.02. The number of rotatable bonds is 25. The fraction of sp³-hybridized carbons (Fsp3) is 0.699. The lowest BCUT2D eigenvalue weighted by Crippen LogP contribution is -2.32. The van der Waals surface area contributed by atoms with Crippen molar-refractivity contribution in [2.24, 2.45) is 40.4 Å². The molecule has 1 aromatic carbocycles. The molecule has 0 radical (unpaired) electrons. The normalized spacial score (nSPS) is 17.6. The first-order chi connectivity index (χ1) is 41.2. The van der Waals surface area contributed by atoms with Gasteiger partial charge in [0.1, 0.15) is 17.4 Å². The van der Waals surface area contributed by atoms with E-state index in [0.717, 1.165) is 104 Å². The van der Waals surface area contributed by atoms with E-state index in [1.165, 1.54) is 101 Å². The van der Waals surface area contributed by atoms with Crippen LogP contribution in [-0.2, 0) is 19.1 Å². The van der Waals surface area contributed by atoms with Gasteiger partial charge in [-0.3, -0.25) is 23.7 Å². The molecule has 0 bridgehead atoms. The number of alkyl halides is 2. The van der Waals surface area contributed by atoms with E-state index < -0.39 is 11.1 Å². The second kappa shape index (κ2) is 41.1. The zero-order chi connectivity index (χ0) is 65.5. The van der Waals surface area contributed by atoms with E-state index in [0.29, 0.717) is 30.7 Å². The van der Waals surface area contributed by atoms with E-state index in [4.69, 9.17) is 4.74 Å². The molecule has 1 N–H and O–H groups in total. The molecule has 6 unspecified atom stereocenters. The molecule has 2 aromatic heterocycles. The van der Waals surface area contributed by atoms with Crippen molar-refractivity contribution in [3.8, 4) is 0 Å². The number of halogens is 3. The maximum absolute atomic E-state index is 12.9. The van der Waals surface area contributed by atoms with Crippen LogP contribution in [0.3, 0.4) is 0 Å². The molecule has 0 aliphatic heterocycles. The number of aryl methyl sites for hydroxylation is 1. The van der Waals surface area contributed by atoms with E-state index in [2.05, 4.69) is 156 Å². The average Bonchev–Trinajstić information content (AvgIpc) is 1.79. The number of amides is 1. The Balaban J connectivity index is 0.000000406. The highest BCUT2D eigenvalue weighted by molar-refractivity contribution is 9.10. The number of ether oxygens (including phenoxy) is 1. The molecule has 9 nitrogen and oxygen atoms in total. The Morgan fingerprint density at radius 3 is 1.98 bits per heavy atom. The number of hydrogen-bond donors (Lipinski definition) is 1. The summed E-state index contributed by atoms with van der Waals surface area (Å²) in [6.45, 7) is 35.1. The maximum Gasteiger partial charge on any atom is 0.281 e. The van der Waals surface area contributed by atoms with Gasteiger partial charge in [-0.15, -0.1) is 11.3 Å². The van der Waals surface area contributed by atoms with E-state index in [1.807, 2.05) is 24.6 Å². The maximum atomic E-state index is 12.9. The minimum Gasteiger partial charge on any atom is -0.385 e. The molecule has 3 aromatic rings. The lowest BCUT2D eigenvalue weighted by molar-refractivity contribution is -0.131. The van der Waals surface area contributed by atoms with Gasteiger partial charge in [0, 0.05) is 54.6 Å². The number of carbonyl (C=O) groups excluding carboxylic acids is 3. The van der Waals surface area contributed by atoms with Crippen molar-refractivity contribution in [3.05, 3.63) is 90.4 Å². The van der Waals surface area contributed by atoms with Crippen molar-refractivity contribution in [2.45, 2.75) is 270 Å². The van der Waals surface area contributed by atoms with Gasteiger partial charge in [0.15, 0.2) is 0 Å². The molecule has 0 saturated heterocycles. The van der Waals surface area contributed by atoms with Crippen LogP contribution in [-0.4, -0.2) is 57.9 Å². The Morgan fingerprint density at radius 2 is 1.55 bits per heavy atom. The number of nitrogens with one attached hydrogen (secondary N) is 1. The molecule has 2 heterocycles. The van der Waals surface area contributed by atoms with Crippen LogP contribution < -0.4 is 10.9 Å². The number of aromatic nitrogens is 3. The number of ketones is 2. The third-order valence-electron chi connectivity index (χ3n) is 18.0. The van der Waals surface area contributed by atoms with Gasteiger partial charge < -0.3 is 10.1 Å². The highest BCUT2D eigenvalue weighted by atomic mass is 79.9. The van der Waals surface area contributed by atoms with E-state index >= 15 is 0 Å². The number of methoxy groups -OCH3 is 1. The third kappa shape index (κ3) is 26.3. The molecule has 87 heavy (non-hydrogen) atoms. The summed E-state index contributed by atoms with van der Waals surface area (Å²) in [6.07, 6.45) is 34.4. The van der Waals surface area contributed by atoms with Crippen molar-refractivity contribution in [1.29, 1.82) is 0 Å². The first-order valence-corrected chi connectivity index (χ1v) is 35.8. The summed E-state index contributed by atoms with van der Waals surface area (Å²) < 4.78 is 33.2. The van der Waals surface area contributed by atoms with Gasteiger partial charge in [0.25, 0.3) is 11.2 Å². The lowest BCUT2D eigenvalue weighted by atomic mass is 9.78. The number of Topliss-reactive ketones (excluding diaryl/α,β-unsaturated/α-hetero) is 2. The van der Waals surface area contributed by atoms with Crippen molar-refractivity contribution < 1.29 is 27.9 Å². The van der Waals surface area contributed by atoms with Crippen LogP contribution in [0.15, 0.2) is 68.4 Å². The standard InChI is InChI=1S/C28H39BrN2O.C20H30N2OS.C8H16O.C7H11F2OP.C6H12.C4H10O/c1-6-9-10-13-21(12-7-2)22-16-17-24(20(5)18-22)31-25-15-11-14-23(29)26(25)28(32)30-27(31)19(4)8-3;1-4-6-8-18(7-5-2)20(23)21-13-16-9-11-17(12-10-16)19-15(3)22-14-24-19;1-6(7(2)9)8(3,4)5;1-2-5(10)6(3-4-6)7(8,9)11;1-6-4-2-3-5-6;1-3-4-5-2/h11,14-17,19,21-22H,6-10,12-13,18H2,1-5H3;9,11,14,18H,4-8,10,12-13H2,1-3H3,(H,21,23);6H,1-5H3;2-4,11H2,1H3;6H,2-5H2,1H3;3-4H2,1-2H3. The van der Waals surface area contributed by atoms with Gasteiger partial charge in [-0.05, 0) is 153 Å². The molecular weight excluding hydrogens is 1190 g/mol.